The molecule has 0 N–H and O–H groups in total. The molecule has 0 atom stereocenters. The first-order valence-electron chi connectivity index (χ1n) is 6.70. The van der Waals surface area contributed by atoms with Crippen molar-refractivity contribution in [2.45, 2.75) is 51.6 Å². The third-order valence-electron chi connectivity index (χ3n) is 3.61. The van der Waals surface area contributed by atoms with Crippen molar-refractivity contribution in [3.8, 4) is 5.75 Å². The van der Waals surface area contributed by atoms with Crippen LogP contribution in [0.1, 0.15) is 45.4 Å². The van der Waals surface area contributed by atoms with Gasteiger partial charge in [-0.1, -0.05) is 31.4 Å². The fourth-order valence-electron chi connectivity index (χ4n) is 2.65. The third kappa shape index (κ3) is 3.92. The molecule has 0 spiro atoms. The summed E-state index contributed by atoms with van der Waals surface area (Å²) < 4.78 is 5.98. The molecule has 1 aliphatic rings. The van der Waals surface area contributed by atoms with Gasteiger partial charge in [0.1, 0.15) is 5.75 Å². The maximum absolute atomic E-state index is 5.98. The van der Waals surface area contributed by atoms with E-state index in [4.69, 9.17) is 16.3 Å². The minimum atomic E-state index is 0.407. The van der Waals surface area contributed by atoms with Crippen LogP contribution >= 0.6 is 11.6 Å². The van der Waals surface area contributed by atoms with Crippen molar-refractivity contribution >= 4 is 11.6 Å². The Morgan fingerprint density at radius 2 is 1.76 bits per heavy atom. The van der Waals surface area contributed by atoms with Gasteiger partial charge in [-0.25, -0.2) is 0 Å². The van der Waals surface area contributed by atoms with Crippen molar-refractivity contribution in [3.05, 3.63) is 29.3 Å². The Hall–Kier alpha value is -0.690. The molecule has 1 aromatic rings. The van der Waals surface area contributed by atoms with Crippen LogP contribution in [0.4, 0.5) is 0 Å². The summed E-state index contributed by atoms with van der Waals surface area (Å²) in [6.07, 6.45) is 8.16. The monoisotopic (exact) mass is 252 g/mol. The van der Waals surface area contributed by atoms with Gasteiger partial charge in [-0.05, 0) is 55.9 Å². The highest BCUT2D eigenvalue weighted by atomic mass is 35.5. The van der Waals surface area contributed by atoms with Gasteiger partial charge < -0.3 is 4.74 Å². The first-order valence-corrected chi connectivity index (χ1v) is 7.08. The summed E-state index contributed by atoms with van der Waals surface area (Å²) in [4.78, 5) is 0. The van der Waals surface area contributed by atoms with E-state index in [1.807, 2.05) is 24.3 Å². The minimum Gasteiger partial charge on any atom is -0.490 e. The SMILES string of the molecule is CCCC1CCC(Oc2ccc(Cl)cc2)CC1. The van der Waals surface area contributed by atoms with Gasteiger partial charge in [0.2, 0.25) is 0 Å². The number of ether oxygens (including phenoxy) is 1. The number of halogens is 1. The van der Waals surface area contributed by atoms with Gasteiger partial charge in [0.25, 0.3) is 0 Å². The Morgan fingerprint density at radius 3 is 2.35 bits per heavy atom. The van der Waals surface area contributed by atoms with Gasteiger partial charge in [0.05, 0.1) is 6.10 Å². The maximum Gasteiger partial charge on any atom is 0.119 e. The average molecular weight is 253 g/mol. The van der Waals surface area contributed by atoms with Crippen LogP contribution in [0.25, 0.3) is 0 Å². The number of rotatable bonds is 4. The summed E-state index contributed by atoms with van der Waals surface area (Å²) in [5, 5.41) is 0.768. The summed E-state index contributed by atoms with van der Waals surface area (Å²) in [6, 6.07) is 7.69. The molecule has 0 amide bonds. The molecule has 2 rings (SSSR count). The van der Waals surface area contributed by atoms with E-state index in [0.717, 1.165) is 16.7 Å². The van der Waals surface area contributed by atoms with Crippen molar-refractivity contribution in [1.29, 1.82) is 0 Å². The summed E-state index contributed by atoms with van der Waals surface area (Å²) >= 11 is 5.85. The quantitative estimate of drug-likeness (QED) is 0.726. The molecule has 2 heteroatoms. The van der Waals surface area contributed by atoms with Crippen LogP contribution in [-0.4, -0.2) is 6.10 Å². The Bertz CT molecular complexity index is 325. The Labute approximate surface area is 109 Å². The third-order valence-corrected chi connectivity index (χ3v) is 3.86. The van der Waals surface area contributed by atoms with Gasteiger partial charge in [-0.15, -0.1) is 0 Å². The molecule has 0 bridgehead atoms. The fourth-order valence-corrected chi connectivity index (χ4v) is 2.78. The average Bonchev–Trinajstić information content (AvgIpc) is 2.35. The number of hydrogen-bond acceptors (Lipinski definition) is 1. The van der Waals surface area contributed by atoms with Crippen LogP contribution in [0.2, 0.25) is 5.02 Å². The first kappa shape index (κ1) is 12.8. The lowest BCUT2D eigenvalue weighted by atomic mass is 9.85. The molecule has 0 aliphatic heterocycles. The van der Waals surface area contributed by atoms with Gasteiger partial charge >= 0.3 is 0 Å². The van der Waals surface area contributed by atoms with Gasteiger partial charge in [-0.2, -0.15) is 0 Å². The lowest BCUT2D eigenvalue weighted by molar-refractivity contribution is 0.128. The lowest BCUT2D eigenvalue weighted by Crippen LogP contribution is -2.24. The summed E-state index contributed by atoms with van der Waals surface area (Å²) in [7, 11) is 0. The standard InChI is InChI=1S/C15H21ClO/c1-2-3-12-4-8-14(9-5-12)17-15-10-6-13(16)7-11-15/h6-7,10-12,14H,2-5,8-9H2,1H3. The van der Waals surface area contributed by atoms with Crippen molar-refractivity contribution < 1.29 is 4.74 Å². The zero-order valence-corrected chi connectivity index (χ0v) is 11.2. The van der Waals surface area contributed by atoms with Crippen LogP contribution in [0.3, 0.4) is 0 Å². The van der Waals surface area contributed by atoms with E-state index in [9.17, 15) is 0 Å². The summed E-state index contributed by atoms with van der Waals surface area (Å²) in [5.74, 6) is 1.89. The van der Waals surface area contributed by atoms with E-state index in [2.05, 4.69) is 6.92 Å². The minimum absolute atomic E-state index is 0.407. The van der Waals surface area contributed by atoms with Crippen molar-refractivity contribution in [2.24, 2.45) is 5.92 Å². The normalized spacial score (nSPS) is 24.6. The van der Waals surface area contributed by atoms with Gasteiger partial charge in [0, 0.05) is 5.02 Å². The smallest absolute Gasteiger partial charge is 0.119 e. The molecule has 94 valence electrons. The van der Waals surface area contributed by atoms with Gasteiger partial charge in [-0.3, -0.25) is 0 Å². The second-order valence-electron chi connectivity index (χ2n) is 5.00. The predicted molar refractivity (Wildman–Crippen MR) is 72.7 cm³/mol. The Kier molecular flexibility index (Phi) is 4.73. The molecule has 0 saturated heterocycles. The second kappa shape index (κ2) is 6.30. The van der Waals surface area contributed by atoms with Crippen LogP contribution in [0.15, 0.2) is 24.3 Å². The molecule has 17 heavy (non-hydrogen) atoms. The summed E-state index contributed by atoms with van der Waals surface area (Å²) in [5.41, 5.74) is 0. The Balaban J connectivity index is 1.79. The van der Waals surface area contributed by atoms with Gasteiger partial charge in [0.15, 0.2) is 0 Å². The van der Waals surface area contributed by atoms with E-state index in [-0.39, 0.29) is 0 Å². The first-order chi connectivity index (χ1) is 8.28. The fraction of sp³-hybridized carbons (Fsp3) is 0.600. The van der Waals surface area contributed by atoms with Crippen LogP contribution < -0.4 is 4.74 Å². The largest absolute Gasteiger partial charge is 0.490 e. The van der Waals surface area contributed by atoms with Crippen LogP contribution in [-0.2, 0) is 0 Å². The highest BCUT2D eigenvalue weighted by Crippen LogP contribution is 2.30. The molecule has 1 saturated carbocycles. The Morgan fingerprint density at radius 1 is 1.12 bits per heavy atom. The van der Waals surface area contributed by atoms with Crippen molar-refractivity contribution in [2.75, 3.05) is 0 Å². The molecule has 1 aromatic carbocycles. The topological polar surface area (TPSA) is 9.23 Å². The highest BCUT2D eigenvalue weighted by Gasteiger charge is 2.21. The molecule has 0 radical (unpaired) electrons. The number of benzene rings is 1. The molecular weight excluding hydrogens is 232 g/mol. The predicted octanol–water partition coefficient (Wildman–Crippen LogP) is 5.08. The van der Waals surface area contributed by atoms with Crippen LogP contribution in [0, 0.1) is 5.92 Å². The molecule has 0 aromatic heterocycles. The lowest BCUT2D eigenvalue weighted by Gasteiger charge is -2.28. The summed E-state index contributed by atoms with van der Waals surface area (Å²) in [6.45, 7) is 2.27. The van der Waals surface area contributed by atoms with Crippen molar-refractivity contribution in [1.82, 2.24) is 0 Å². The molecule has 0 heterocycles. The molecule has 1 fully saturated rings. The molecule has 1 nitrogen and oxygen atoms in total. The molecule has 1 aliphatic carbocycles. The van der Waals surface area contributed by atoms with E-state index >= 15 is 0 Å². The van der Waals surface area contributed by atoms with E-state index in [0.29, 0.717) is 6.10 Å². The zero-order valence-electron chi connectivity index (χ0n) is 10.5. The molecular formula is C15H21ClO. The van der Waals surface area contributed by atoms with Crippen molar-refractivity contribution in [3.63, 3.8) is 0 Å². The van der Waals surface area contributed by atoms with Crippen LogP contribution in [0.5, 0.6) is 5.75 Å². The van der Waals surface area contributed by atoms with E-state index in [1.165, 1.54) is 38.5 Å². The highest BCUT2D eigenvalue weighted by molar-refractivity contribution is 6.30. The van der Waals surface area contributed by atoms with E-state index in [1.54, 1.807) is 0 Å². The number of hydrogen-bond donors (Lipinski definition) is 0. The second-order valence-corrected chi connectivity index (χ2v) is 5.44. The zero-order chi connectivity index (χ0) is 12.1. The van der Waals surface area contributed by atoms with E-state index < -0.39 is 0 Å². The maximum atomic E-state index is 5.98. The molecule has 0 unspecified atom stereocenters.